The van der Waals surface area contributed by atoms with Gasteiger partial charge < -0.3 is 14.9 Å². The molecular weight excluding hydrogens is 416 g/mol. The Morgan fingerprint density at radius 2 is 1.24 bits per heavy atom. The minimum atomic E-state index is -1.03. The summed E-state index contributed by atoms with van der Waals surface area (Å²) in [4.78, 5) is 23.5. The van der Waals surface area contributed by atoms with Crippen LogP contribution in [0.15, 0.2) is 84.9 Å². The molecule has 0 spiro atoms. The maximum Gasteiger partial charge on any atom is 0.335 e. The summed E-state index contributed by atoms with van der Waals surface area (Å²) in [5.41, 5.74) is 5.63. The van der Waals surface area contributed by atoms with Crippen molar-refractivity contribution in [3.05, 3.63) is 102 Å². The van der Waals surface area contributed by atoms with Crippen LogP contribution in [0, 0.1) is 6.92 Å². The molecule has 0 saturated heterocycles. The minimum absolute atomic E-state index is 0.152. The van der Waals surface area contributed by atoms with Crippen molar-refractivity contribution in [2.75, 3.05) is 7.11 Å². The van der Waals surface area contributed by atoms with Crippen LogP contribution in [0.5, 0.6) is 5.75 Å². The van der Waals surface area contributed by atoms with Crippen molar-refractivity contribution < 1.29 is 24.5 Å². The molecule has 0 amide bonds. The van der Waals surface area contributed by atoms with Crippen molar-refractivity contribution in [1.29, 1.82) is 0 Å². The van der Waals surface area contributed by atoms with Crippen LogP contribution in [0.4, 0.5) is 0 Å². The molecule has 0 aliphatic heterocycles. The summed E-state index contributed by atoms with van der Waals surface area (Å²) in [6.45, 7) is 1.78. The Labute approximate surface area is 191 Å². The first-order chi connectivity index (χ1) is 15.9. The second-order valence-electron chi connectivity index (χ2n) is 7.64. The number of methoxy groups -OCH3 is 1. The summed E-state index contributed by atoms with van der Waals surface area (Å²) < 4.78 is 5.77. The SMILES string of the molecule is COc1c(-c2ccccc2)cc(C(=O)O)cc1-c1cccc(-c2cccc(C(=O)O)c2C)c1. The average Bonchev–Trinajstić information content (AvgIpc) is 2.83. The molecule has 33 heavy (non-hydrogen) atoms. The fraction of sp³-hybridized carbons (Fsp3) is 0.0714. The van der Waals surface area contributed by atoms with Gasteiger partial charge in [0.25, 0.3) is 0 Å². The predicted octanol–water partition coefficient (Wildman–Crippen LogP) is 6.40. The van der Waals surface area contributed by atoms with Gasteiger partial charge in [0, 0.05) is 11.1 Å². The molecule has 0 heterocycles. The van der Waals surface area contributed by atoms with Gasteiger partial charge in [-0.2, -0.15) is 0 Å². The van der Waals surface area contributed by atoms with Gasteiger partial charge >= 0.3 is 11.9 Å². The Balaban J connectivity index is 1.94. The normalized spacial score (nSPS) is 10.6. The number of carbonyl (C=O) groups is 2. The van der Waals surface area contributed by atoms with E-state index in [4.69, 9.17) is 4.74 Å². The second kappa shape index (κ2) is 9.01. The summed E-state index contributed by atoms with van der Waals surface area (Å²) in [5.74, 6) is -1.44. The maximum atomic E-state index is 11.9. The van der Waals surface area contributed by atoms with Crippen LogP contribution in [0.1, 0.15) is 26.3 Å². The summed E-state index contributed by atoms with van der Waals surface area (Å²) in [7, 11) is 1.57. The molecule has 0 atom stereocenters. The number of carboxylic acid groups (broad SMARTS) is 2. The zero-order valence-electron chi connectivity index (χ0n) is 18.2. The second-order valence-corrected chi connectivity index (χ2v) is 7.64. The minimum Gasteiger partial charge on any atom is -0.495 e. The van der Waals surface area contributed by atoms with E-state index in [9.17, 15) is 19.8 Å². The van der Waals surface area contributed by atoms with Gasteiger partial charge in [-0.05, 0) is 59.0 Å². The van der Waals surface area contributed by atoms with Crippen molar-refractivity contribution in [3.8, 4) is 39.1 Å². The Kier molecular flexibility index (Phi) is 5.96. The molecule has 4 aromatic rings. The topological polar surface area (TPSA) is 83.8 Å². The Bertz CT molecular complexity index is 1360. The van der Waals surface area contributed by atoms with Gasteiger partial charge in [0.2, 0.25) is 0 Å². The molecule has 164 valence electrons. The molecule has 5 heteroatoms. The molecule has 0 saturated carbocycles. The molecule has 0 fully saturated rings. The number of hydrogen-bond donors (Lipinski definition) is 2. The van der Waals surface area contributed by atoms with Crippen LogP contribution in [0.3, 0.4) is 0 Å². The summed E-state index contributed by atoms with van der Waals surface area (Å²) in [6, 6.07) is 25.5. The molecule has 0 unspecified atom stereocenters. The van der Waals surface area contributed by atoms with E-state index in [1.54, 1.807) is 38.3 Å². The molecule has 2 N–H and O–H groups in total. The first-order valence-electron chi connectivity index (χ1n) is 10.3. The van der Waals surface area contributed by atoms with Crippen LogP contribution in [-0.4, -0.2) is 29.3 Å². The van der Waals surface area contributed by atoms with Crippen molar-refractivity contribution in [2.24, 2.45) is 0 Å². The Hall–Kier alpha value is -4.38. The van der Waals surface area contributed by atoms with Crippen LogP contribution < -0.4 is 4.74 Å². The fourth-order valence-electron chi connectivity index (χ4n) is 4.05. The average molecular weight is 438 g/mol. The number of aromatic carboxylic acids is 2. The smallest absolute Gasteiger partial charge is 0.335 e. The van der Waals surface area contributed by atoms with E-state index in [0.717, 1.165) is 22.3 Å². The van der Waals surface area contributed by atoms with Crippen LogP contribution >= 0.6 is 0 Å². The number of ether oxygens (including phenoxy) is 1. The molecular formula is C28H22O5. The highest BCUT2D eigenvalue weighted by molar-refractivity contribution is 5.96. The van der Waals surface area contributed by atoms with Gasteiger partial charge in [0.1, 0.15) is 5.75 Å². The number of carboxylic acids is 2. The lowest BCUT2D eigenvalue weighted by atomic mass is 9.91. The summed E-state index contributed by atoms with van der Waals surface area (Å²) in [5, 5.41) is 19.2. The van der Waals surface area contributed by atoms with Crippen LogP contribution in [0.25, 0.3) is 33.4 Å². The van der Waals surface area contributed by atoms with Crippen LogP contribution in [-0.2, 0) is 0 Å². The highest BCUT2D eigenvalue weighted by Crippen LogP contribution is 2.41. The fourth-order valence-corrected chi connectivity index (χ4v) is 4.05. The van der Waals surface area contributed by atoms with Gasteiger partial charge in [-0.25, -0.2) is 9.59 Å². The quantitative estimate of drug-likeness (QED) is 0.364. The van der Waals surface area contributed by atoms with E-state index in [0.29, 0.717) is 22.4 Å². The third-order valence-electron chi connectivity index (χ3n) is 5.67. The van der Waals surface area contributed by atoms with Gasteiger partial charge in [-0.3, -0.25) is 0 Å². The molecule has 0 radical (unpaired) electrons. The lowest BCUT2D eigenvalue weighted by Gasteiger charge is -2.17. The van der Waals surface area contributed by atoms with E-state index in [2.05, 4.69) is 0 Å². The highest BCUT2D eigenvalue weighted by Gasteiger charge is 2.19. The third-order valence-corrected chi connectivity index (χ3v) is 5.67. The van der Waals surface area contributed by atoms with E-state index in [1.807, 2.05) is 60.7 Å². The molecule has 5 nitrogen and oxygen atoms in total. The maximum absolute atomic E-state index is 11.9. The lowest BCUT2D eigenvalue weighted by molar-refractivity contribution is 0.0685. The number of benzene rings is 4. The zero-order chi connectivity index (χ0) is 23.5. The van der Waals surface area contributed by atoms with Crippen molar-refractivity contribution in [1.82, 2.24) is 0 Å². The molecule has 0 bridgehead atoms. The van der Waals surface area contributed by atoms with E-state index < -0.39 is 11.9 Å². The predicted molar refractivity (Wildman–Crippen MR) is 128 cm³/mol. The van der Waals surface area contributed by atoms with E-state index in [1.165, 1.54) is 0 Å². The summed E-state index contributed by atoms with van der Waals surface area (Å²) >= 11 is 0. The van der Waals surface area contributed by atoms with Crippen molar-refractivity contribution >= 4 is 11.9 Å². The molecule has 4 aromatic carbocycles. The van der Waals surface area contributed by atoms with E-state index in [-0.39, 0.29) is 11.1 Å². The molecule has 0 aromatic heterocycles. The summed E-state index contributed by atoms with van der Waals surface area (Å²) in [6.07, 6.45) is 0. The first-order valence-corrected chi connectivity index (χ1v) is 10.3. The first kappa shape index (κ1) is 21.8. The van der Waals surface area contributed by atoms with Gasteiger partial charge in [0.15, 0.2) is 0 Å². The van der Waals surface area contributed by atoms with Gasteiger partial charge in [-0.15, -0.1) is 0 Å². The van der Waals surface area contributed by atoms with Crippen LogP contribution in [0.2, 0.25) is 0 Å². The third kappa shape index (κ3) is 4.21. The monoisotopic (exact) mass is 438 g/mol. The molecule has 4 rings (SSSR count). The highest BCUT2D eigenvalue weighted by atomic mass is 16.5. The number of rotatable bonds is 6. The zero-order valence-corrected chi connectivity index (χ0v) is 18.2. The van der Waals surface area contributed by atoms with Gasteiger partial charge in [0.05, 0.1) is 18.2 Å². The van der Waals surface area contributed by atoms with Crippen molar-refractivity contribution in [3.63, 3.8) is 0 Å². The standard InChI is InChI=1S/C28H22O5/c1-17-22(12-7-13-23(17)28(31)32)19-10-6-11-20(14-19)25-16-21(27(29)30)15-24(26(25)33-2)18-8-4-3-5-9-18/h3-16H,1-2H3,(H,29,30)(H,31,32). The Morgan fingerprint density at radius 1 is 0.667 bits per heavy atom. The molecule has 0 aliphatic rings. The number of hydrogen-bond acceptors (Lipinski definition) is 3. The van der Waals surface area contributed by atoms with Crippen molar-refractivity contribution in [2.45, 2.75) is 6.92 Å². The van der Waals surface area contributed by atoms with Gasteiger partial charge in [-0.1, -0.05) is 60.7 Å². The Morgan fingerprint density at radius 3 is 1.85 bits per heavy atom. The largest absolute Gasteiger partial charge is 0.495 e. The molecule has 0 aliphatic carbocycles. The lowest BCUT2D eigenvalue weighted by Crippen LogP contribution is -2.01. The van der Waals surface area contributed by atoms with E-state index >= 15 is 0 Å².